The Morgan fingerprint density at radius 1 is 1.30 bits per heavy atom. The van der Waals surface area contributed by atoms with Gasteiger partial charge in [-0.25, -0.2) is 4.79 Å². The van der Waals surface area contributed by atoms with Gasteiger partial charge in [-0.15, -0.1) is 11.3 Å². The van der Waals surface area contributed by atoms with Crippen molar-refractivity contribution in [1.29, 1.82) is 0 Å². The van der Waals surface area contributed by atoms with Gasteiger partial charge in [0.25, 0.3) is 0 Å². The van der Waals surface area contributed by atoms with Gasteiger partial charge in [-0.05, 0) is 25.0 Å². The molecule has 0 saturated carbocycles. The average Bonchev–Trinajstić information content (AvgIpc) is 2.83. The zero-order valence-electron chi connectivity index (χ0n) is 11.5. The van der Waals surface area contributed by atoms with Crippen molar-refractivity contribution in [3.05, 3.63) is 21.3 Å². The topological polar surface area (TPSA) is 78.4 Å². The van der Waals surface area contributed by atoms with Crippen LogP contribution in [0, 0.1) is 5.41 Å². The van der Waals surface area contributed by atoms with Crippen molar-refractivity contribution < 1.29 is 14.7 Å². The smallest absolute Gasteiger partial charge is 0.315 e. The normalized spacial score (nSPS) is 11.2. The number of nitrogens with one attached hydrogen (secondary N) is 2. The number of carboxylic acids is 1. The molecular formula is C13H19ClN2O3S. The maximum Gasteiger partial charge on any atom is 0.315 e. The van der Waals surface area contributed by atoms with Crippen LogP contribution in [0.3, 0.4) is 0 Å². The summed E-state index contributed by atoms with van der Waals surface area (Å²) in [6, 6.07) is 3.24. The van der Waals surface area contributed by atoms with Gasteiger partial charge < -0.3 is 15.7 Å². The molecule has 0 aromatic carbocycles. The fourth-order valence-corrected chi connectivity index (χ4v) is 2.83. The molecule has 2 amide bonds. The lowest BCUT2D eigenvalue weighted by atomic mass is 9.82. The van der Waals surface area contributed by atoms with E-state index < -0.39 is 11.4 Å². The lowest BCUT2D eigenvalue weighted by Gasteiger charge is -2.26. The van der Waals surface area contributed by atoms with Crippen molar-refractivity contribution in [3.8, 4) is 0 Å². The molecule has 0 atom stereocenters. The Kier molecular flexibility index (Phi) is 6.29. The van der Waals surface area contributed by atoms with Crippen LogP contribution in [-0.2, 0) is 11.3 Å². The van der Waals surface area contributed by atoms with Crippen LogP contribution < -0.4 is 10.6 Å². The van der Waals surface area contributed by atoms with E-state index in [0.29, 0.717) is 23.7 Å². The van der Waals surface area contributed by atoms with Crippen molar-refractivity contribution >= 4 is 34.9 Å². The van der Waals surface area contributed by atoms with Gasteiger partial charge in [0.05, 0.1) is 16.3 Å². The quantitative estimate of drug-likeness (QED) is 0.723. The van der Waals surface area contributed by atoms with Gasteiger partial charge in [-0.2, -0.15) is 0 Å². The van der Waals surface area contributed by atoms with E-state index in [0.717, 1.165) is 4.88 Å². The van der Waals surface area contributed by atoms with Gasteiger partial charge in [0.2, 0.25) is 0 Å². The third kappa shape index (κ3) is 4.38. The number of aliphatic carboxylic acids is 1. The number of halogens is 1. The number of thiophene rings is 1. The zero-order chi connectivity index (χ0) is 15.2. The van der Waals surface area contributed by atoms with Crippen molar-refractivity contribution in [3.63, 3.8) is 0 Å². The third-order valence-electron chi connectivity index (χ3n) is 3.45. The number of carboxylic acid groups (broad SMARTS) is 1. The maximum absolute atomic E-state index is 11.7. The summed E-state index contributed by atoms with van der Waals surface area (Å²) in [5.41, 5.74) is -0.899. The number of amides is 2. The number of carbonyl (C=O) groups is 2. The van der Waals surface area contributed by atoms with Crippen LogP contribution in [-0.4, -0.2) is 23.7 Å². The predicted octanol–water partition coefficient (Wildman–Crippen LogP) is 3.09. The first-order valence-corrected chi connectivity index (χ1v) is 7.62. The molecule has 1 heterocycles. The molecule has 0 radical (unpaired) electrons. The minimum Gasteiger partial charge on any atom is -0.481 e. The molecule has 5 nitrogen and oxygen atoms in total. The summed E-state index contributed by atoms with van der Waals surface area (Å²) in [5.74, 6) is -0.882. The Bertz CT molecular complexity index is 472. The molecule has 1 aromatic heterocycles. The molecule has 0 fully saturated rings. The second kappa shape index (κ2) is 7.50. The minimum atomic E-state index is -0.899. The summed E-state index contributed by atoms with van der Waals surface area (Å²) in [4.78, 5) is 23.9. The van der Waals surface area contributed by atoms with E-state index in [1.807, 2.05) is 19.9 Å². The van der Waals surface area contributed by atoms with Crippen LogP contribution in [0.25, 0.3) is 0 Å². The summed E-state index contributed by atoms with van der Waals surface area (Å²) in [5, 5.41) is 14.6. The molecule has 0 unspecified atom stereocenters. The van der Waals surface area contributed by atoms with Gasteiger partial charge >= 0.3 is 12.0 Å². The highest BCUT2D eigenvalue weighted by Crippen LogP contribution is 2.25. The average molecular weight is 319 g/mol. The van der Waals surface area contributed by atoms with Crippen LogP contribution in [0.4, 0.5) is 4.79 Å². The van der Waals surface area contributed by atoms with Crippen molar-refractivity contribution in [2.24, 2.45) is 5.41 Å². The molecule has 20 heavy (non-hydrogen) atoms. The monoisotopic (exact) mass is 318 g/mol. The minimum absolute atomic E-state index is 0.117. The molecule has 1 rings (SSSR count). The zero-order valence-corrected chi connectivity index (χ0v) is 13.1. The molecule has 0 bridgehead atoms. The first-order chi connectivity index (χ1) is 9.43. The molecule has 3 N–H and O–H groups in total. The van der Waals surface area contributed by atoms with E-state index in [-0.39, 0.29) is 12.6 Å². The third-order valence-corrected chi connectivity index (χ3v) is 4.68. The standard InChI is InChI=1S/C13H19ClN2O3S/c1-3-13(4-2,11(17)18)8-16-12(19)15-7-9-5-6-10(14)20-9/h5-6H,3-4,7-8H2,1-2H3,(H,17,18)(H2,15,16,19). The van der Waals surface area contributed by atoms with Crippen LogP contribution >= 0.6 is 22.9 Å². The van der Waals surface area contributed by atoms with Crippen LogP contribution in [0.5, 0.6) is 0 Å². The Morgan fingerprint density at radius 3 is 2.40 bits per heavy atom. The van der Waals surface area contributed by atoms with E-state index in [9.17, 15) is 14.7 Å². The molecular weight excluding hydrogens is 300 g/mol. The van der Waals surface area contributed by atoms with Gasteiger partial charge in [0, 0.05) is 11.4 Å². The molecule has 0 saturated heterocycles. The fraction of sp³-hybridized carbons (Fsp3) is 0.538. The lowest BCUT2D eigenvalue weighted by Crippen LogP contribution is -2.45. The van der Waals surface area contributed by atoms with Gasteiger partial charge in [0.1, 0.15) is 0 Å². The van der Waals surface area contributed by atoms with E-state index in [1.54, 1.807) is 6.07 Å². The molecule has 0 aliphatic carbocycles. The van der Waals surface area contributed by atoms with Crippen molar-refractivity contribution in [2.45, 2.75) is 33.2 Å². The van der Waals surface area contributed by atoms with E-state index >= 15 is 0 Å². The molecule has 1 aromatic rings. The second-order valence-corrected chi connectivity index (χ2v) is 6.33. The molecule has 0 spiro atoms. The van der Waals surface area contributed by atoms with Gasteiger partial charge in [0.15, 0.2) is 0 Å². The van der Waals surface area contributed by atoms with Crippen molar-refractivity contribution in [2.75, 3.05) is 6.54 Å². The molecule has 7 heteroatoms. The van der Waals surface area contributed by atoms with Crippen molar-refractivity contribution in [1.82, 2.24) is 10.6 Å². The van der Waals surface area contributed by atoms with E-state index in [1.165, 1.54) is 11.3 Å². The Labute approximate surface area is 127 Å². The number of hydrogen-bond acceptors (Lipinski definition) is 3. The Morgan fingerprint density at radius 2 is 1.95 bits per heavy atom. The lowest BCUT2D eigenvalue weighted by molar-refractivity contribution is -0.149. The molecule has 112 valence electrons. The maximum atomic E-state index is 11.7. The van der Waals surface area contributed by atoms with E-state index in [4.69, 9.17) is 11.6 Å². The van der Waals surface area contributed by atoms with Crippen LogP contribution in [0.1, 0.15) is 31.6 Å². The highest BCUT2D eigenvalue weighted by molar-refractivity contribution is 7.16. The highest BCUT2D eigenvalue weighted by Gasteiger charge is 2.35. The molecule has 0 aliphatic rings. The summed E-state index contributed by atoms with van der Waals surface area (Å²) in [6.45, 7) is 4.11. The number of rotatable bonds is 7. The first kappa shape index (κ1) is 16.8. The van der Waals surface area contributed by atoms with Crippen LogP contribution in [0.2, 0.25) is 4.34 Å². The Hall–Kier alpha value is -1.27. The fourth-order valence-electron chi connectivity index (χ4n) is 1.80. The summed E-state index contributed by atoms with van der Waals surface area (Å²) in [7, 11) is 0. The summed E-state index contributed by atoms with van der Waals surface area (Å²) in [6.07, 6.45) is 0.944. The summed E-state index contributed by atoms with van der Waals surface area (Å²) >= 11 is 7.19. The molecule has 0 aliphatic heterocycles. The second-order valence-electron chi connectivity index (χ2n) is 4.53. The number of hydrogen-bond donors (Lipinski definition) is 3. The number of urea groups is 1. The van der Waals surface area contributed by atoms with E-state index in [2.05, 4.69) is 10.6 Å². The largest absolute Gasteiger partial charge is 0.481 e. The first-order valence-electron chi connectivity index (χ1n) is 6.43. The van der Waals surface area contributed by atoms with Gasteiger partial charge in [-0.3, -0.25) is 4.79 Å². The SMILES string of the molecule is CCC(CC)(CNC(=O)NCc1ccc(Cl)s1)C(=O)O. The summed E-state index contributed by atoms with van der Waals surface area (Å²) < 4.78 is 0.670. The van der Waals surface area contributed by atoms with Crippen LogP contribution in [0.15, 0.2) is 12.1 Å². The highest BCUT2D eigenvalue weighted by atomic mass is 35.5. The Balaban J connectivity index is 2.44. The van der Waals surface area contributed by atoms with Gasteiger partial charge in [-0.1, -0.05) is 25.4 Å². The predicted molar refractivity (Wildman–Crippen MR) is 80.2 cm³/mol. The number of carbonyl (C=O) groups excluding carboxylic acids is 1.